The number of piperazine rings is 1. The third-order valence-corrected chi connectivity index (χ3v) is 6.03. The van der Waals surface area contributed by atoms with Crippen molar-refractivity contribution >= 4 is 28.4 Å². The molecule has 0 N–H and O–H groups in total. The summed E-state index contributed by atoms with van der Waals surface area (Å²) in [7, 11) is 0. The van der Waals surface area contributed by atoms with Crippen LogP contribution in [0.4, 0.5) is 10.3 Å². The summed E-state index contributed by atoms with van der Waals surface area (Å²) in [4.78, 5) is 21.6. The van der Waals surface area contributed by atoms with E-state index in [9.17, 15) is 9.18 Å². The fourth-order valence-corrected chi connectivity index (χ4v) is 4.39. The number of hydrogen-bond donors (Lipinski definition) is 0. The molecule has 8 heteroatoms. The van der Waals surface area contributed by atoms with Gasteiger partial charge in [0.2, 0.25) is 11.9 Å². The lowest BCUT2D eigenvalue weighted by Crippen LogP contribution is -2.55. The van der Waals surface area contributed by atoms with Crippen molar-refractivity contribution in [1.82, 2.24) is 24.5 Å². The minimum absolute atomic E-state index is 0.0235. The molecule has 1 atom stereocenters. The van der Waals surface area contributed by atoms with E-state index in [0.29, 0.717) is 42.6 Å². The lowest BCUT2D eigenvalue weighted by atomic mass is 10.1. The molecule has 0 spiro atoms. The fourth-order valence-electron chi connectivity index (χ4n) is 4.39. The van der Waals surface area contributed by atoms with Gasteiger partial charge in [-0.1, -0.05) is 38.1 Å². The van der Waals surface area contributed by atoms with Crippen LogP contribution in [0.2, 0.25) is 0 Å². The van der Waals surface area contributed by atoms with E-state index in [-0.39, 0.29) is 23.7 Å². The standard InChI is InChI=1S/C24H25FN6O/c1-15(2)23(32)30-13-12-29(14-16(30)3)24-26-20-11-7-5-9-18(20)22-28-27-21(31(22)24)17-8-4-6-10-19(17)25/h4-11,15-16H,12-14H2,1-3H3. The minimum atomic E-state index is -0.360. The van der Waals surface area contributed by atoms with Crippen LogP contribution in [0.15, 0.2) is 48.5 Å². The van der Waals surface area contributed by atoms with Gasteiger partial charge < -0.3 is 9.80 Å². The molecule has 0 radical (unpaired) electrons. The number of amides is 1. The molecule has 2 aromatic carbocycles. The number of rotatable bonds is 3. The highest BCUT2D eigenvalue weighted by atomic mass is 19.1. The van der Waals surface area contributed by atoms with Crippen LogP contribution in [-0.2, 0) is 4.79 Å². The van der Waals surface area contributed by atoms with Crippen molar-refractivity contribution in [2.75, 3.05) is 24.5 Å². The molecule has 0 aliphatic carbocycles. The second-order valence-electron chi connectivity index (χ2n) is 8.57. The first-order chi connectivity index (χ1) is 15.5. The van der Waals surface area contributed by atoms with Gasteiger partial charge in [-0.25, -0.2) is 13.8 Å². The quantitative estimate of drug-likeness (QED) is 0.493. The van der Waals surface area contributed by atoms with E-state index in [4.69, 9.17) is 4.98 Å². The van der Waals surface area contributed by atoms with Gasteiger partial charge in [-0.15, -0.1) is 10.2 Å². The third kappa shape index (κ3) is 3.26. The van der Waals surface area contributed by atoms with Crippen molar-refractivity contribution < 1.29 is 9.18 Å². The number of para-hydroxylation sites is 1. The Labute approximate surface area is 185 Å². The molecule has 4 aromatic rings. The van der Waals surface area contributed by atoms with E-state index >= 15 is 0 Å². The van der Waals surface area contributed by atoms with E-state index in [1.165, 1.54) is 6.07 Å². The minimum Gasteiger partial charge on any atom is -0.338 e. The van der Waals surface area contributed by atoms with E-state index in [1.807, 2.05) is 47.4 Å². The summed E-state index contributed by atoms with van der Waals surface area (Å²) in [5.41, 5.74) is 1.81. The zero-order valence-electron chi connectivity index (χ0n) is 18.4. The summed E-state index contributed by atoms with van der Waals surface area (Å²) >= 11 is 0. The second kappa shape index (κ2) is 7.85. The maximum Gasteiger partial charge on any atom is 0.225 e. The zero-order chi connectivity index (χ0) is 22.4. The highest BCUT2D eigenvalue weighted by molar-refractivity contribution is 5.93. The molecule has 32 heavy (non-hydrogen) atoms. The van der Waals surface area contributed by atoms with E-state index < -0.39 is 0 Å². The maximum atomic E-state index is 14.7. The molecule has 1 fully saturated rings. The normalized spacial score (nSPS) is 17.0. The predicted octanol–water partition coefficient (Wildman–Crippen LogP) is 3.78. The molecule has 0 saturated carbocycles. The van der Waals surface area contributed by atoms with Gasteiger partial charge in [-0.05, 0) is 31.2 Å². The van der Waals surface area contributed by atoms with Gasteiger partial charge in [0.25, 0.3) is 0 Å². The van der Waals surface area contributed by atoms with Gasteiger partial charge in [0.05, 0.1) is 11.1 Å². The summed E-state index contributed by atoms with van der Waals surface area (Å²) in [6, 6.07) is 14.3. The molecule has 3 heterocycles. The topological polar surface area (TPSA) is 66.6 Å². The van der Waals surface area contributed by atoms with Gasteiger partial charge in [-0.3, -0.25) is 4.79 Å². The monoisotopic (exact) mass is 432 g/mol. The van der Waals surface area contributed by atoms with Crippen molar-refractivity contribution in [2.24, 2.45) is 5.92 Å². The van der Waals surface area contributed by atoms with Crippen molar-refractivity contribution in [3.8, 4) is 11.4 Å². The van der Waals surface area contributed by atoms with Crippen molar-refractivity contribution in [1.29, 1.82) is 0 Å². The molecule has 0 bridgehead atoms. The summed E-state index contributed by atoms with van der Waals surface area (Å²) in [6.45, 7) is 7.74. The summed E-state index contributed by atoms with van der Waals surface area (Å²) in [5.74, 6) is 0.830. The van der Waals surface area contributed by atoms with Gasteiger partial charge in [0.1, 0.15) is 5.82 Å². The van der Waals surface area contributed by atoms with Crippen LogP contribution in [0.3, 0.4) is 0 Å². The molecule has 1 amide bonds. The Morgan fingerprint density at radius 3 is 2.56 bits per heavy atom. The first-order valence-corrected chi connectivity index (χ1v) is 10.9. The third-order valence-electron chi connectivity index (χ3n) is 6.03. The molecule has 2 aromatic heterocycles. The van der Waals surface area contributed by atoms with Crippen LogP contribution in [0.1, 0.15) is 20.8 Å². The number of carbonyl (C=O) groups excluding carboxylic acids is 1. The van der Waals surface area contributed by atoms with E-state index in [1.54, 1.807) is 18.2 Å². The molecule has 1 unspecified atom stereocenters. The fraction of sp³-hybridized carbons (Fsp3) is 0.333. The van der Waals surface area contributed by atoms with Crippen LogP contribution in [0.5, 0.6) is 0 Å². The maximum absolute atomic E-state index is 14.7. The number of aromatic nitrogens is 4. The predicted molar refractivity (Wildman–Crippen MR) is 122 cm³/mol. The van der Waals surface area contributed by atoms with Crippen LogP contribution in [-0.4, -0.2) is 56.1 Å². The lowest BCUT2D eigenvalue weighted by Gasteiger charge is -2.41. The Hall–Kier alpha value is -3.55. The van der Waals surface area contributed by atoms with Crippen LogP contribution >= 0.6 is 0 Å². The van der Waals surface area contributed by atoms with Crippen molar-refractivity contribution in [2.45, 2.75) is 26.8 Å². The molecule has 1 aliphatic rings. The molecule has 164 valence electrons. The highest BCUT2D eigenvalue weighted by Crippen LogP contribution is 2.30. The molecular weight excluding hydrogens is 407 g/mol. The summed E-state index contributed by atoms with van der Waals surface area (Å²) < 4.78 is 16.5. The largest absolute Gasteiger partial charge is 0.338 e. The summed E-state index contributed by atoms with van der Waals surface area (Å²) in [5, 5.41) is 9.63. The molecule has 1 aliphatic heterocycles. The van der Waals surface area contributed by atoms with Crippen LogP contribution in [0.25, 0.3) is 27.9 Å². The first kappa shape index (κ1) is 20.4. The number of anilines is 1. The highest BCUT2D eigenvalue weighted by Gasteiger charge is 2.31. The van der Waals surface area contributed by atoms with Gasteiger partial charge in [0.15, 0.2) is 11.5 Å². The van der Waals surface area contributed by atoms with Crippen LogP contribution in [0, 0.1) is 11.7 Å². The molecular formula is C24H25FN6O. The average molecular weight is 433 g/mol. The average Bonchev–Trinajstić information content (AvgIpc) is 3.23. The van der Waals surface area contributed by atoms with Gasteiger partial charge in [0, 0.05) is 37.0 Å². The Bertz CT molecular complexity index is 1320. The SMILES string of the molecule is CC(C)C(=O)N1CCN(c2nc3ccccc3c3nnc(-c4ccccc4F)n23)CC1C. The van der Waals surface area contributed by atoms with E-state index in [0.717, 1.165) is 10.9 Å². The molecule has 1 saturated heterocycles. The Kier molecular flexibility index (Phi) is 5.00. The number of carbonyl (C=O) groups is 1. The molecule has 5 rings (SSSR count). The Balaban J connectivity index is 1.66. The van der Waals surface area contributed by atoms with Gasteiger partial charge in [-0.2, -0.15) is 0 Å². The second-order valence-corrected chi connectivity index (χ2v) is 8.57. The Morgan fingerprint density at radius 2 is 1.81 bits per heavy atom. The number of nitrogens with zero attached hydrogens (tertiary/aromatic N) is 6. The number of benzene rings is 2. The number of halogens is 1. The lowest BCUT2D eigenvalue weighted by molar-refractivity contribution is -0.136. The summed E-state index contributed by atoms with van der Waals surface area (Å²) in [6.07, 6.45) is 0. The number of fused-ring (bicyclic) bond motifs is 3. The smallest absolute Gasteiger partial charge is 0.225 e. The van der Waals surface area contributed by atoms with Crippen LogP contribution < -0.4 is 4.90 Å². The van der Waals surface area contributed by atoms with Gasteiger partial charge >= 0.3 is 0 Å². The molecule has 7 nitrogen and oxygen atoms in total. The zero-order valence-corrected chi connectivity index (χ0v) is 18.4. The number of hydrogen-bond acceptors (Lipinski definition) is 5. The first-order valence-electron chi connectivity index (χ1n) is 10.9. The van der Waals surface area contributed by atoms with Crippen molar-refractivity contribution in [3.05, 3.63) is 54.3 Å². The van der Waals surface area contributed by atoms with E-state index in [2.05, 4.69) is 22.0 Å². The Morgan fingerprint density at radius 1 is 1.06 bits per heavy atom. The van der Waals surface area contributed by atoms with Crippen molar-refractivity contribution in [3.63, 3.8) is 0 Å².